The SMILES string of the molecule is CC1(C)C2CN(Cc3nc4ccsc4c(=O)[nH]3)CC21. The van der Waals surface area contributed by atoms with Gasteiger partial charge in [0.2, 0.25) is 0 Å². The normalized spacial score (nSPS) is 28.7. The van der Waals surface area contributed by atoms with Crippen LogP contribution in [0.1, 0.15) is 19.7 Å². The summed E-state index contributed by atoms with van der Waals surface area (Å²) in [4.78, 5) is 21.8. The van der Waals surface area contributed by atoms with Gasteiger partial charge in [0.1, 0.15) is 10.5 Å². The molecule has 4 nitrogen and oxygen atoms in total. The van der Waals surface area contributed by atoms with Crippen LogP contribution in [0.15, 0.2) is 16.2 Å². The standard InChI is InChI=1S/C14H17N3OS/c1-14(2)8-5-17(6-9(8)14)7-11-15-10-3-4-19-12(10)13(18)16-11/h3-4,8-9H,5-7H2,1-2H3,(H,15,16,18). The van der Waals surface area contributed by atoms with Gasteiger partial charge in [-0.25, -0.2) is 4.98 Å². The Bertz CT molecular complexity index is 688. The van der Waals surface area contributed by atoms with Crippen LogP contribution in [-0.2, 0) is 6.54 Å². The fraction of sp³-hybridized carbons (Fsp3) is 0.571. The van der Waals surface area contributed by atoms with Crippen LogP contribution in [0, 0.1) is 17.3 Å². The highest BCUT2D eigenvalue weighted by Gasteiger charge is 2.61. The van der Waals surface area contributed by atoms with Gasteiger partial charge >= 0.3 is 0 Å². The Morgan fingerprint density at radius 3 is 2.95 bits per heavy atom. The van der Waals surface area contributed by atoms with Crippen LogP contribution in [0.3, 0.4) is 0 Å². The molecular weight excluding hydrogens is 258 g/mol. The third-order valence-electron chi connectivity index (χ3n) is 4.93. The summed E-state index contributed by atoms with van der Waals surface area (Å²) in [5.74, 6) is 2.48. The maximum atomic E-state index is 11.9. The summed E-state index contributed by atoms with van der Waals surface area (Å²) in [6.45, 7) is 7.77. The topological polar surface area (TPSA) is 49.0 Å². The minimum atomic E-state index is -0.000291. The maximum Gasteiger partial charge on any atom is 0.268 e. The molecule has 0 aromatic carbocycles. The third-order valence-corrected chi connectivity index (χ3v) is 5.84. The molecule has 100 valence electrons. The average Bonchev–Trinajstić information content (AvgIpc) is 2.82. The van der Waals surface area contributed by atoms with Gasteiger partial charge < -0.3 is 4.98 Å². The van der Waals surface area contributed by atoms with E-state index in [0.717, 1.165) is 47.5 Å². The molecule has 1 aliphatic heterocycles. The number of aromatic amines is 1. The molecule has 1 N–H and O–H groups in total. The molecule has 0 radical (unpaired) electrons. The molecule has 3 heterocycles. The predicted octanol–water partition coefficient (Wildman–Crippen LogP) is 2.07. The summed E-state index contributed by atoms with van der Waals surface area (Å²) in [5, 5.41) is 1.92. The number of piperidine rings is 1. The van der Waals surface area contributed by atoms with Gasteiger partial charge in [0.05, 0.1) is 12.1 Å². The van der Waals surface area contributed by atoms with Crippen molar-refractivity contribution in [3.05, 3.63) is 27.6 Å². The molecule has 0 bridgehead atoms. The van der Waals surface area contributed by atoms with E-state index in [4.69, 9.17) is 0 Å². The van der Waals surface area contributed by atoms with Gasteiger partial charge in [-0.15, -0.1) is 11.3 Å². The monoisotopic (exact) mass is 275 g/mol. The van der Waals surface area contributed by atoms with Gasteiger partial charge in [-0.1, -0.05) is 13.8 Å². The van der Waals surface area contributed by atoms with Gasteiger partial charge in [-0.05, 0) is 28.7 Å². The Morgan fingerprint density at radius 2 is 2.21 bits per heavy atom. The lowest BCUT2D eigenvalue weighted by Gasteiger charge is -2.20. The molecule has 0 spiro atoms. The van der Waals surface area contributed by atoms with Crippen LogP contribution in [0.4, 0.5) is 0 Å². The van der Waals surface area contributed by atoms with Crippen molar-refractivity contribution in [1.82, 2.24) is 14.9 Å². The van der Waals surface area contributed by atoms with E-state index in [1.165, 1.54) is 11.3 Å². The summed E-state index contributed by atoms with van der Waals surface area (Å²) in [6.07, 6.45) is 0. The Morgan fingerprint density at radius 1 is 1.47 bits per heavy atom. The van der Waals surface area contributed by atoms with E-state index in [1.807, 2.05) is 11.4 Å². The lowest BCUT2D eigenvalue weighted by atomic mass is 10.1. The van der Waals surface area contributed by atoms with Crippen molar-refractivity contribution in [3.8, 4) is 0 Å². The Balaban J connectivity index is 1.55. The molecule has 0 amide bonds. The van der Waals surface area contributed by atoms with Crippen LogP contribution >= 0.6 is 11.3 Å². The summed E-state index contributed by atoms with van der Waals surface area (Å²) >= 11 is 1.45. The smallest absolute Gasteiger partial charge is 0.268 e. The summed E-state index contributed by atoms with van der Waals surface area (Å²) in [7, 11) is 0. The maximum absolute atomic E-state index is 11.9. The minimum absolute atomic E-state index is 0.000291. The molecule has 2 unspecified atom stereocenters. The first-order valence-corrected chi connectivity index (χ1v) is 7.62. The van der Waals surface area contributed by atoms with Crippen LogP contribution < -0.4 is 5.56 Å². The Kier molecular flexibility index (Phi) is 2.24. The van der Waals surface area contributed by atoms with E-state index in [1.54, 1.807) is 0 Å². The number of likely N-dealkylation sites (tertiary alicyclic amines) is 1. The lowest BCUT2D eigenvalue weighted by Crippen LogP contribution is -2.28. The molecule has 2 fully saturated rings. The number of nitrogens with zero attached hydrogens (tertiary/aromatic N) is 2. The largest absolute Gasteiger partial charge is 0.308 e. The molecule has 2 aromatic heterocycles. The molecule has 4 rings (SSSR count). The molecule has 2 aromatic rings. The fourth-order valence-corrected chi connectivity index (χ4v) is 4.28. The van der Waals surface area contributed by atoms with Gasteiger partial charge in [0.25, 0.3) is 5.56 Å². The van der Waals surface area contributed by atoms with Gasteiger partial charge in [0, 0.05) is 13.1 Å². The number of hydrogen-bond acceptors (Lipinski definition) is 4. The summed E-state index contributed by atoms with van der Waals surface area (Å²) in [6, 6.07) is 1.92. The molecule has 1 saturated heterocycles. The van der Waals surface area contributed by atoms with Crippen LogP contribution in [0.2, 0.25) is 0 Å². The molecular formula is C14H17N3OS. The zero-order valence-electron chi connectivity index (χ0n) is 11.1. The van der Waals surface area contributed by atoms with Crippen molar-refractivity contribution in [1.29, 1.82) is 0 Å². The van der Waals surface area contributed by atoms with Crippen LogP contribution in [0.25, 0.3) is 10.2 Å². The zero-order chi connectivity index (χ0) is 13.2. The Labute approximate surface area is 115 Å². The first kappa shape index (κ1) is 11.6. The van der Waals surface area contributed by atoms with Gasteiger partial charge in [-0.3, -0.25) is 9.69 Å². The second-order valence-electron chi connectivity index (χ2n) is 6.38. The number of rotatable bonds is 2. The van der Waals surface area contributed by atoms with E-state index >= 15 is 0 Å². The molecule has 1 aliphatic carbocycles. The summed E-state index contributed by atoms with van der Waals surface area (Å²) < 4.78 is 0.731. The molecule has 2 aliphatic rings. The molecule has 19 heavy (non-hydrogen) atoms. The number of fused-ring (bicyclic) bond motifs is 2. The number of nitrogens with one attached hydrogen (secondary N) is 1. The Hall–Kier alpha value is -1.20. The minimum Gasteiger partial charge on any atom is -0.308 e. The van der Waals surface area contributed by atoms with Crippen LogP contribution in [-0.4, -0.2) is 28.0 Å². The zero-order valence-corrected chi connectivity index (χ0v) is 12.0. The fourth-order valence-electron chi connectivity index (χ4n) is 3.55. The first-order chi connectivity index (χ1) is 9.05. The van der Waals surface area contributed by atoms with Crippen molar-refractivity contribution in [3.63, 3.8) is 0 Å². The van der Waals surface area contributed by atoms with Crippen molar-refractivity contribution in [2.24, 2.45) is 17.3 Å². The van der Waals surface area contributed by atoms with Gasteiger partial charge in [0.15, 0.2) is 0 Å². The highest BCUT2D eigenvalue weighted by atomic mass is 32.1. The first-order valence-electron chi connectivity index (χ1n) is 6.74. The molecule has 1 saturated carbocycles. The lowest BCUT2D eigenvalue weighted by molar-refractivity contribution is 0.246. The number of aromatic nitrogens is 2. The highest BCUT2D eigenvalue weighted by molar-refractivity contribution is 7.17. The van der Waals surface area contributed by atoms with E-state index in [9.17, 15) is 4.79 Å². The number of hydrogen-bond donors (Lipinski definition) is 1. The molecule has 2 atom stereocenters. The second-order valence-corrected chi connectivity index (χ2v) is 7.29. The van der Waals surface area contributed by atoms with Crippen molar-refractivity contribution >= 4 is 21.6 Å². The summed E-state index contributed by atoms with van der Waals surface area (Å²) in [5.41, 5.74) is 1.36. The number of thiophene rings is 1. The van der Waals surface area contributed by atoms with Gasteiger partial charge in [-0.2, -0.15) is 0 Å². The van der Waals surface area contributed by atoms with Crippen molar-refractivity contribution < 1.29 is 0 Å². The average molecular weight is 275 g/mol. The number of H-pyrrole nitrogens is 1. The van der Waals surface area contributed by atoms with E-state index < -0.39 is 0 Å². The van der Waals surface area contributed by atoms with Crippen molar-refractivity contribution in [2.75, 3.05) is 13.1 Å². The third kappa shape index (κ3) is 1.68. The van der Waals surface area contributed by atoms with E-state index in [-0.39, 0.29) is 5.56 Å². The quantitative estimate of drug-likeness (QED) is 0.913. The van der Waals surface area contributed by atoms with Crippen LogP contribution in [0.5, 0.6) is 0 Å². The highest BCUT2D eigenvalue weighted by Crippen LogP contribution is 2.61. The second kappa shape index (κ2) is 3.67. The van der Waals surface area contributed by atoms with E-state index in [0.29, 0.717) is 5.41 Å². The van der Waals surface area contributed by atoms with Crippen molar-refractivity contribution in [2.45, 2.75) is 20.4 Å². The molecule has 5 heteroatoms. The predicted molar refractivity (Wildman–Crippen MR) is 76.3 cm³/mol. The van der Waals surface area contributed by atoms with E-state index in [2.05, 4.69) is 28.7 Å².